The lowest BCUT2D eigenvalue weighted by Gasteiger charge is -2.26. The molecule has 0 aliphatic carbocycles. The van der Waals surface area contributed by atoms with Crippen molar-refractivity contribution in [1.29, 1.82) is 0 Å². The van der Waals surface area contributed by atoms with E-state index in [1.165, 1.54) is 7.11 Å². The highest BCUT2D eigenvalue weighted by Gasteiger charge is 2.42. The molecular formula is C22H22ClN3O4. The number of nitrogens with zero attached hydrogens (tertiary/aromatic N) is 2. The number of aryl methyl sites for hydroxylation is 1. The quantitative estimate of drug-likeness (QED) is 0.560. The van der Waals surface area contributed by atoms with Crippen molar-refractivity contribution in [3.63, 3.8) is 0 Å². The number of rotatable bonds is 5. The Kier molecular flexibility index (Phi) is 5.07. The third-order valence-corrected chi connectivity index (χ3v) is 5.79. The number of aromatic nitrogens is 2. The number of aromatic hydroxyl groups is 2. The molecule has 0 radical (unpaired) electrons. The molecule has 0 saturated carbocycles. The first kappa shape index (κ1) is 20.1. The van der Waals surface area contributed by atoms with Gasteiger partial charge in [-0.3, -0.25) is 9.89 Å². The van der Waals surface area contributed by atoms with Gasteiger partial charge in [-0.15, -0.1) is 0 Å². The third-order valence-electron chi connectivity index (χ3n) is 5.38. The van der Waals surface area contributed by atoms with E-state index >= 15 is 0 Å². The van der Waals surface area contributed by atoms with Crippen LogP contribution in [0.4, 0.5) is 0 Å². The van der Waals surface area contributed by atoms with Gasteiger partial charge in [0.2, 0.25) is 0 Å². The van der Waals surface area contributed by atoms with Gasteiger partial charge in [-0.25, -0.2) is 0 Å². The molecule has 0 spiro atoms. The second kappa shape index (κ2) is 7.57. The van der Waals surface area contributed by atoms with E-state index in [0.29, 0.717) is 39.8 Å². The van der Waals surface area contributed by atoms with Gasteiger partial charge in [0.15, 0.2) is 11.5 Å². The van der Waals surface area contributed by atoms with E-state index in [2.05, 4.69) is 10.2 Å². The van der Waals surface area contributed by atoms with Gasteiger partial charge in [0.1, 0.15) is 17.1 Å². The highest BCUT2D eigenvalue weighted by molar-refractivity contribution is 6.31. The van der Waals surface area contributed by atoms with E-state index in [1.807, 2.05) is 6.92 Å². The molecule has 0 saturated heterocycles. The lowest BCUT2D eigenvalue weighted by Crippen LogP contribution is -2.30. The Labute approximate surface area is 178 Å². The van der Waals surface area contributed by atoms with Crippen molar-refractivity contribution in [3.05, 3.63) is 57.7 Å². The summed E-state index contributed by atoms with van der Waals surface area (Å²) in [7, 11) is 1.48. The number of carbonyl (C=O) groups excluding carboxylic acids is 1. The van der Waals surface area contributed by atoms with Gasteiger partial charge in [0, 0.05) is 22.7 Å². The Bertz CT molecular complexity index is 1140. The Hall–Kier alpha value is -3.19. The predicted octanol–water partition coefficient (Wildman–Crippen LogP) is 4.41. The normalized spacial score (nSPS) is 15.5. The minimum atomic E-state index is -0.449. The van der Waals surface area contributed by atoms with Gasteiger partial charge in [-0.05, 0) is 48.7 Å². The van der Waals surface area contributed by atoms with Gasteiger partial charge in [-0.2, -0.15) is 5.10 Å². The van der Waals surface area contributed by atoms with E-state index < -0.39 is 6.04 Å². The highest BCUT2D eigenvalue weighted by atomic mass is 35.5. The standard InChI is InChI=1S/C22H22ClN3O4/c1-4-7-26-21(12-5-6-15(27)17(9-12)30-3)18-19(24-25-20(18)22(26)29)13-10-14(23)11(2)8-16(13)28/h5-6,8-10,21,27-28H,4,7H2,1-3H3,(H,24,25)/t21-/m0/s1. The molecule has 2 aromatic carbocycles. The molecule has 2 heterocycles. The predicted molar refractivity (Wildman–Crippen MR) is 113 cm³/mol. The van der Waals surface area contributed by atoms with Crippen LogP contribution in [-0.4, -0.2) is 44.9 Å². The number of phenols is 2. The highest BCUT2D eigenvalue weighted by Crippen LogP contribution is 2.46. The van der Waals surface area contributed by atoms with E-state index in [1.54, 1.807) is 42.2 Å². The molecule has 3 N–H and O–H groups in total. The Balaban J connectivity index is 1.94. The van der Waals surface area contributed by atoms with Crippen molar-refractivity contribution in [3.8, 4) is 28.5 Å². The molecule has 0 fully saturated rings. The topological polar surface area (TPSA) is 98.7 Å². The van der Waals surface area contributed by atoms with E-state index in [-0.39, 0.29) is 17.4 Å². The number of H-pyrrole nitrogens is 1. The number of benzene rings is 2. The number of halogens is 1. The Morgan fingerprint density at radius 3 is 2.70 bits per heavy atom. The fourth-order valence-corrected chi connectivity index (χ4v) is 4.10. The maximum atomic E-state index is 13.1. The number of amides is 1. The number of phenolic OH excluding ortho intramolecular Hbond substituents is 2. The molecule has 0 unspecified atom stereocenters. The monoisotopic (exact) mass is 427 g/mol. The zero-order valence-corrected chi connectivity index (χ0v) is 17.6. The van der Waals surface area contributed by atoms with Crippen molar-refractivity contribution in [2.45, 2.75) is 26.3 Å². The molecule has 1 aromatic heterocycles. The lowest BCUT2D eigenvalue weighted by molar-refractivity contribution is 0.0744. The number of methoxy groups -OCH3 is 1. The molecule has 30 heavy (non-hydrogen) atoms. The minimum Gasteiger partial charge on any atom is -0.507 e. The van der Waals surface area contributed by atoms with Gasteiger partial charge >= 0.3 is 0 Å². The molecule has 8 heteroatoms. The molecule has 1 atom stereocenters. The average Bonchev–Trinajstić information content (AvgIpc) is 3.25. The number of carbonyl (C=O) groups is 1. The van der Waals surface area contributed by atoms with Gasteiger partial charge in [-0.1, -0.05) is 24.6 Å². The van der Waals surface area contributed by atoms with Crippen molar-refractivity contribution in [2.75, 3.05) is 13.7 Å². The van der Waals surface area contributed by atoms with Crippen LogP contribution in [0.5, 0.6) is 17.2 Å². The molecule has 0 bridgehead atoms. The van der Waals surface area contributed by atoms with Crippen LogP contribution in [0.1, 0.15) is 46.6 Å². The average molecular weight is 428 g/mol. The Morgan fingerprint density at radius 2 is 2.00 bits per heavy atom. The molecule has 4 rings (SSSR count). The van der Waals surface area contributed by atoms with Crippen molar-refractivity contribution in [2.24, 2.45) is 0 Å². The van der Waals surface area contributed by atoms with Crippen molar-refractivity contribution < 1.29 is 19.7 Å². The fraction of sp³-hybridized carbons (Fsp3) is 0.273. The number of aromatic amines is 1. The molecule has 3 aromatic rings. The molecular weight excluding hydrogens is 406 g/mol. The van der Waals surface area contributed by atoms with E-state index in [9.17, 15) is 15.0 Å². The summed E-state index contributed by atoms with van der Waals surface area (Å²) in [6.45, 7) is 4.34. The first-order valence-corrected chi connectivity index (χ1v) is 10.0. The molecule has 156 valence electrons. The minimum absolute atomic E-state index is 0.0169. The summed E-state index contributed by atoms with van der Waals surface area (Å²) >= 11 is 6.30. The lowest BCUT2D eigenvalue weighted by atomic mass is 9.95. The van der Waals surface area contributed by atoms with Crippen LogP contribution in [0, 0.1) is 6.92 Å². The van der Waals surface area contributed by atoms with E-state index in [0.717, 1.165) is 17.5 Å². The van der Waals surface area contributed by atoms with Crippen LogP contribution >= 0.6 is 11.6 Å². The largest absolute Gasteiger partial charge is 0.507 e. The zero-order valence-electron chi connectivity index (χ0n) is 16.9. The van der Waals surface area contributed by atoms with Crippen LogP contribution in [0.25, 0.3) is 11.3 Å². The fourth-order valence-electron chi connectivity index (χ4n) is 3.94. The van der Waals surface area contributed by atoms with Gasteiger partial charge in [0.05, 0.1) is 13.2 Å². The summed E-state index contributed by atoms with van der Waals surface area (Å²) in [5, 5.41) is 28.3. The van der Waals surface area contributed by atoms with E-state index in [4.69, 9.17) is 16.3 Å². The van der Waals surface area contributed by atoms with Gasteiger partial charge < -0.3 is 19.8 Å². The summed E-state index contributed by atoms with van der Waals surface area (Å²) < 4.78 is 5.27. The second-order valence-corrected chi connectivity index (χ2v) is 7.72. The SMILES string of the molecule is CCCN1C(=O)c2[nH]nc(-c3cc(Cl)c(C)cc3O)c2[C@@H]1c1ccc(O)c(OC)c1. The van der Waals surface area contributed by atoms with Crippen molar-refractivity contribution in [1.82, 2.24) is 15.1 Å². The number of hydrogen-bond acceptors (Lipinski definition) is 5. The number of hydrogen-bond donors (Lipinski definition) is 3. The second-order valence-electron chi connectivity index (χ2n) is 7.31. The maximum Gasteiger partial charge on any atom is 0.273 e. The van der Waals surface area contributed by atoms with Crippen LogP contribution < -0.4 is 4.74 Å². The van der Waals surface area contributed by atoms with Crippen LogP contribution in [0.15, 0.2) is 30.3 Å². The number of ether oxygens (including phenoxy) is 1. The number of nitrogens with one attached hydrogen (secondary N) is 1. The zero-order chi connectivity index (χ0) is 21.6. The van der Waals surface area contributed by atoms with Crippen LogP contribution in [0.2, 0.25) is 5.02 Å². The first-order chi connectivity index (χ1) is 14.4. The van der Waals surface area contributed by atoms with Crippen LogP contribution in [-0.2, 0) is 0 Å². The smallest absolute Gasteiger partial charge is 0.273 e. The molecule has 1 aliphatic rings. The molecule has 1 aliphatic heterocycles. The summed E-state index contributed by atoms with van der Waals surface area (Å²) in [5.74, 6) is 0.203. The summed E-state index contributed by atoms with van der Waals surface area (Å²) in [6, 6.07) is 7.80. The number of fused-ring (bicyclic) bond motifs is 1. The molecule has 7 nitrogen and oxygen atoms in total. The van der Waals surface area contributed by atoms with Crippen LogP contribution in [0.3, 0.4) is 0 Å². The third kappa shape index (κ3) is 3.06. The first-order valence-electron chi connectivity index (χ1n) is 9.63. The Morgan fingerprint density at radius 1 is 1.23 bits per heavy atom. The summed E-state index contributed by atoms with van der Waals surface area (Å²) in [6.07, 6.45) is 0.770. The molecule has 1 amide bonds. The summed E-state index contributed by atoms with van der Waals surface area (Å²) in [5.41, 5.74) is 3.47. The maximum absolute atomic E-state index is 13.1. The summed E-state index contributed by atoms with van der Waals surface area (Å²) in [4.78, 5) is 14.9. The van der Waals surface area contributed by atoms with Crippen molar-refractivity contribution >= 4 is 17.5 Å². The van der Waals surface area contributed by atoms with Gasteiger partial charge in [0.25, 0.3) is 5.91 Å².